The Hall–Kier alpha value is -0.870. The Morgan fingerprint density at radius 3 is 2.87 bits per heavy atom. The van der Waals surface area contributed by atoms with E-state index >= 15 is 0 Å². The molecule has 0 unspecified atom stereocenters. The summed E-state index contributed by atoms with van der Waals surface area (Å²) in [7, 11) is 1.74. The second-order valence-corrected chi connectivity index (χ2v) is 4.79. The quantitative estimate of drug-likeness (QED) is 0.802. The highest BCUT2D eigenvalue weighted by molar-refractivity contribution is 5.14. The zero-order valence-electron chi connectivity index (χ0n) is 9.66. The van der Waals surface area contributed by atoms with Crippen LogP contribution in [0.15, 0.2) is 12.5 Å². The summed E-state index contributed by atoms with van der Waals surface area (Å²) >= 11 is 0. The van der Waals surface area contributed by atoms with Crippen LogP contribution >= 0.6 is 0 Å². The molecule has 1 aliphatic rings. The lowest BCUT2D eigenvalue weighted by Gasteiger charge is -2.33. The SMILES string of the molecule is COCC(C)(C)n1cncc1C1CNC1. The second-order valence-electron chi connectivity index (χ2n) is 4.79. The van der Waals surface area contributed by atoms with E-state index in [1.165, 1.54) is 5.69 Å². The number of aromatic nitrogens is 2. The second kappa shape index (κ2) is 3.94. The maximum Gasteiger partial charge on any atom is 0.0954 e. The van der Waals surface area contributed by atoms with E-state index in [2.05, 4.69) is 28.7 Å². The Labute approximate surface area is 90.6 Å². The third-order valence-corrected chi connectivity index (χ3v) is 3.02. The van der Waals surface area contributed by atoms with Gasteiger partial charge in [0.15, 0.2) is 0 Å². The van der Waals surface area contributed by atoms with E-state index in [1.807, 2.05) is 12.5 Å². The van der Waals surface area contributed by atoms with Crippen LogP contribution in [0.4, 0.5) is 0 Å². The van der Waals surface area contributed by atoms with E-state index in [1.54, 1.807) is 7.11 Å². The Balaban J connectivity index is 2.23. The molecule has 0 aliphatic carbocycles. The molecule has 1 aliphatic heterocycles. The van der Waals surface area contributed by atoms with Gasteiger partial charge in [-0.25, -0.2) is 4.98 Å². The van der Waals surface area contributed by atoms with Crippen LogP contribution in [0, 0.1) is 0 Å². The molecule has 2 rings (SSSR count). The fourth-order valence-electron chi connectivity index (χ4n) is 2.03. The summed E-state index contributed by atoms with van der Waals surface area (Å²) in [5.41, 5.74) is 1.30. The molecule has 0 radical (unpaired) electrons. The molecule has 15 heavy (non-hydrogen) atoms. The molecule has 0 bridgehead atoms. The average Bonchev–Trinajstić information content (AvgIpc) is 2.49. The first kappa shape index (κ1) is 10.6. The van der Waals surface area contributed by atoms with Gasteiger partial charge in [-0.15, -0.1) is 0 Å². The van der Waals surface area contributed by atoms with E-state index in [0.29, 0.717) is 12.5 Å². The molecule has 0 amide bonds. The molecule has 1 N–H and O–H groups in total. The highest BCUT2D eigenvalue weighted by Crippen LogP contribution is 2.25. The van der Waals surface area contributed by atoms with Gasteiger partial charge in [0, 0.05) is 38.0 Å². The molecule has 0 atom stereocenters. The van der Waals surface area contributed by atoms with Crippen LogP contribution in [0.3, 0.4) is 0 Å². The van der Waals surface area contributed by atoms with Crippen molar-refractivity contribution < 1.29 is 4.74 Å². The van der Waals surface area contributed by atoms with Crippen molar-refractivity contribution in [3.8, 4) is 0 Å². The van der Waals surface area contributed by atoms with E-state index in [0.717, 1.165) is 13.1 Å². The van der Waals surface area contributed by atoms with Gasteiger partial charge in [-0.1, -0.05) is 0 Å². The van der Waals surface area contributed by atoms with Crippen molar-refractivity contribution in [1.29, 1.82) is 0 Å². The lowest BCUT2D eigenvalue weighted by atomic mass is 9.97. The highest BCUT2D eigenvalue weighted by atomic mass is 16.5. The number of rotatable bonds is 4. The molecule has 84 valence electrons. The van der Waals surface area contributed by atoms with Crippen molar-refractivity contribution in [1.82, 2.24) is 14.9 Å². The summed E-state index contributed by atoms with van der Waals surface area (Å²) in [5.74, 6) is 0.614. The van der Waals surface area contributed by atoms with Crippen molar-refractivity contribution in [3.05, 3.63) is 18.2 Å². The molecule has 0 saturated carbocycles. The maximum absolute atomic E-state index is 5.25. The van der Waals surface area contributed by atoms with Crippen molar-refractivity contribution in [2.75, 3.05) is 26.8 Å². The molecule has 1 saturated heterocycles. The Morgan fingerprint density at radius 1 is 1.60 bits per heavy atom. The first-order valence-electron chi connectivity index (χ1n) is 5.37. The summed E-state index contributed by atoms with van der Waals surface area (Å²) in [6, 6.07) is 0. The molecule has 2 heterocycles. The first-order chi connectivity index (χ1) is 7.15. The normalized spacial score (nSPS) is 17.8. The molecule has 0 aromatic carbocycles. The molecule has 4 nitrogen and oxygen atoms in total. The van der Waals surface area contributed by atoms with Gasteiger partial charge in [-0.3, -0.25) is 0 Å². The van der Waals surface area contributed by atoms with Crippen LogP contribution in [0.2, 0.25) is 0 Å². The zero-order chi connectivity index (χ0) is 10.9. The minimum atomic E-state index is -0.0177. The number of hydrogen-bond acceptors (Lipinski definition) is 3. The number of methoxy groups -OCH3 is 1. The standard InChI is InChI=1S/C11H19N3O/c1-11(2,7-15-3)14-8-13-6-10(14)9-4-12-5-9/h6,8-9,12H,4-5,7H2,1-3H3. The van der Waals surface area contributed by atoms with Gasteiger partial charge >= 0.3 is 0 Å². The maximum atomic E-state index is 5.25. The molecular formula is C11H19N3O. The predicted octanol–water partition coefficient (Wildman–Crippen LogP) is 0.951. The van der Waals surface area contributed by atoms with E-state index < -0.39 is 0 Å². The van der Waals surface area contributed by atoms with E-state index in [9.17, 15) is 0 Å². The summed E-state index contributed by atoms with van der Waals surface area (Å²) in [6.45, 7) is 7.18. The summed E-state index contributed by atoms with van der Waals surface area (Å²) < 4.78 is 7.49. The smallest absolute Gasteiger partial charge is 0.0954 e. The molecule has 1 aromatic rings. The van der Waals surface area contributed by atoms with Gasteiger partial charge in [0.1, 0.15) is 0 Å². The van der Waals surface area contributed by atoms with Crippen LogP contribution in [0.1, 0.15) is 25.5 Å². The van der Waals surface area contributed by atoms with Gasteiger partial charge in [-0.05, 0) is 13.8 Å². The van der Waals surface area contributed by atoms with Gasteiger partial charge in [-0.2, -0.15) is 0 Å². The van der Waals surface area contributed by atoms with Gasteiger partial charge < -0.3 is 14.6 Å². The van der Waals surface area contributed by atoms with Crippen molar-refractivity contribution in [2.24, 2.45) is 0 Å². The zero-order valence-corrected chi connectivity index (χ0v) is 9.66. The van der Waals surface area contributed by atoms with E-state index in [4.69, 9.17) is 4.74 Å². The third-order valence-electron chi connectivity index (χ3n) is 3.02. The third kappa shape index (κ3) is 1.92. The van der Waals surface area contributed by atoms with Gasteiger partial charge in [0.2, 0.25) is 0 Å². The fraction of sp³-hybridized carbons (Fsp3) is 0.727. The fourth-order valence-corrected chi connectivity index (χ4v) is 2.03. The van der Waals surface area contributed by atoms with Crippen LogP contribution in [0.25, 0.3) is 0 Å². The molecule has 1 fully saturated rings. The van der Waals surface area contributed by atoms with Crippen molar-refractivity contribution in [3.63, 3.8) is 0 Å². The Morgan fingerprint density at radius 2 is 2.33 bits per heavy atom. The number of imidazole rings is 1. The van der Waals surface area contributed by atoms with Crippen LogP contribution in [-0.4, -0.2) is 36.4 Å². The van der Waals surface area contributed by atoms with Crippen molar-refractivity contribution in [2.45, 2.75) is 25.3 Å². The van der Waals surface area contributed by atoms with E-state index in [-0.39, 0.29) is 5.54 Å². The average molecular weight is 209 g/mol. The highest BCUT2D eigenvalue weighted by Gasteiger charge is 2.28. The van der Waals surface area contributed by atoms with Gasteiger partial charge in [0.05, 0.1) is 18.5 Å². The Kier molecular flexibility index (Phi) is 2.80. The molecule has 0 spiro atoms. The number of nitrogens with one attached hydrogen (secondary N) is 1. The minimum Gasteiger partial charge on any atom is -0.382 e. The van der Waals surface area contributed by atoms with Crippen LogP contribution in [-0.2, 0) is 10.3 Å². The number of nitrogens with zero attached hydrogens (tertiary/aromatic N) is 2. The lowest BCUT2D eigenvalue weighted by molar-refractivity contribution is 0.106. The topological polar surface area (TPSA) is 39.1 Å². The first-order valence-corrected chi connectivity index (χ1v) is 5.37. The molecular weight excluding hydrogens is 190 g/mol. The summed E-state index contributed by atoms with van der Waals surface area (Å²) in [5, 5.41) is 3.29. The van der Waals surface area contributed by atoms with Gasteiger partial charge in [0.25, 0.3) is 0 Å². The predicted molar refractivity (Wildman–Crippen MR) is 59.0 cm³/mol. The van der Waals surface area contributed by atoms with Crippen molar-refractivity contribution >= 4 is 0 Å². The molecule has 1 aromatic heterocycles. The number of hydrogen-bond donors (Lipinski definition) is 1. The Bertz CT molecular complexity index is 328. The molecule has 4 heteroatoms. The summed E-state index contributed by atoms with van der Waals surface area (Å²) in [4.78, 5) is 4.25. The van der Waals surface area contributed by atoms with Crippen LogP contribution < -0.4 is 5.32 Å². The largest absolute Gasteiger partial charge is 0.382 e. The summed E-state index contributed by atoms with van der Waals surface area (Å²) in [6.07, 6.45) is 3.88. The van der Waals surface area contributed by atoms with Crippen LogP contribution in [0.5, 0.6) is 0 Å². The number of ether oxygens (including phenoxy) is 1. The monoisotopic (exact) mass is 209 g/mol. The lowest BCUT2D eigenvalue weighted by Crippen LogP contribution is -2.43. The minimum absolute atomic E-state index is 0.0177.